The van der Waals surface area contributed by atoms with Crippen LogP contribution in [0.15, 0.2) is 85.1 Å². The van der Waals surface area contributed by atoms with Gasteiger partial charge in [-0.2, -0.15) is 31.9 Å². The number of aromatic nitrogens is 1. The van der Waals surface area contributed by atoms with Crippen LogP contribution >= 0.6 is 23.5 Å². The summed E-state index contributed by atoms with van der Waals surface area (Å²) in [6.07, 6.45) is 4.36. The maximum atomic E-state index is 13.9. The molecule has 5 atom stereocenters. The molecule has 23 heteroatoms. The summed E-state index contributed by atoms with van der Waals surface area (Å²) in [5.41, 5.74) is 2.53. The van der Waals surface area contributed by atoms with Gasteiger partial charge in [-0.05, 0) is 78.7 Å². The fourth-order valence-electron chi connectivity index (χ4n) is 6.35. The van der Waals surface area contributed by atoms with E-state index in [1.165, 1.54) is 54.7 Å². The second-order valence-electron chi connectivity index (χ2n) is 14.8. The van der Waals surface area contributed by atoms with E-state index in [0.29, 0.717) is 28.2 Å². The normalized spacial score (nSPS) is 13.5. The van der Waals surface area contributed by atoms with Crippen LogP contribution in [-0.2, 0) is 63.4 Å². The van der Waals surface area contributed by atoms with Crippen molar-refractivity contribution in [2.45, 2.75) is 69.4 Å². The number of carbonyl (C=O) groups is 7. The number of benzene rings is 3. The quantitative estimate of drug-likeness (QED) is 0.0407. The SMILES string of the molecule is CSCC[C@H](NC(=O)[C@H](Cc1ccc(OS(=O)(=O)O)cc1)NC(=O)OCc1ccccc1)C(=O)NCC(=O)N[C@@H](Cc1c[nH]c2ccccc12)C(=O)N[C@@H](CCSC)C(=O)N[C@@H](C)C(=O)O. The lowest BCUT2D eigenvalue weighted by Gasteiger charge is -2.24. The van der Waals surface area contributed by atoms with Crippen molar-refractivity contribution in [1.82, 2.24) is 36.9 Å². The minimum absolute atomic E-state index is 0.0389. The standard InChI is InChI=1S/C43H53N7O13S3/c1-26(42(56)57)46-39(53)34(18-20-65-3)49-41(55)36(22-29-23-44-32-12-8-7-11-31(29)32)47-37(51)24-45-38(52)33(17-19-64-2)48-40(54)35(50-43(58)62-25-28-9-5-4-6-10-28)21-27-13-15-30(16-14-27)63-66(59,60)61/h4-16,23,26,33-36,44H,17-22,24-25H2,1-3H3,(H,45,52)(H,46,53)(H,47,51)(H,48,54)(H,49,55)(H,50,58)(H,56,57)(H,59,60,61)/t26-,33-,34-,35-,36-/m0/s1. The van der Waals surface area contributed by atoms with Crippen LogP contribution < -0.4 is 36.1 Å². The first kappa shape index (κ1) is 52.3. The smallest absolute Gasteiger partial charge is 0.446 e. The van der Waals surface area contributed by atoms with Gasteiger partial charge in [0.1, 0.15) is 42.6 Å². The van der Waals surface area contributed by atoms with Crippen LogP contribution in [0.4, 0.5) is 4.79 Å². The van der Waals surface area contributed by atoms with E-state index in [2.05, 4.69) is 41.1 Å². The van der Waals surface area contributed by atoms with E-state index in [-0.39, 0.29) is 38.0 Å². The Bertz CT molecular complexity index is 2400. The molecule has 0 unspecified atom stereocenters. The number of H-pyrrole nitrogens is 1. The molecular weight excluding hydrogens is 919 g/mol. The largest absolute Gasteiger partial charge is 0.480 e. The van der Waals surface area contributed by atoms with E-state index >= 15 is 0 Å². The summed E-state index contributed by atoms with van der Waals surface area (Å²) < 4.78 is 41.2. The second-order valence-corrected chi connectivity index (χ2v) is 17.8. The first-order valence-electron chi connectivity index (χ1n) is 20.4. The third kappa shape index (κ3) is 17.6. The average molecular weight is 972 g/mol. The predicted octanol–water partition coefficient (Wildman–Crippen LogP) is 2.10. The molecule has 0 radical (unpaired) electrons. The molecule has 1 aromatic heterocycles. The summed E-state index contributed by atoms with van der Waals surface area (Å²) in [5, 5.41) is 25.5. The summed E-state index contributed by atoms with van der Waals surface area (Å²) >= 11 is 2.79. The zero-order valence-electron chi connectivity index (χ0n) is 36.2. The Balaban J connectivity index is 1.49. The lowest BCUT2D eigenvalue weighted by Crippen LogP contribution is -2.57. The number of fused-ring (bicyclic) bond motifs is 1. The third-order valence-corrected chi connectivity index (χ3v) is 11.5. The number of ether oxygens (including phenoxy) is 1. The van der Waals surface area contributed by atoms with Crippen molar-refractivity contribution in [3.63, 3.8) is 0 Å². The number of hydrogen-bond acceptors (Lipinski definition) is 13. The highest BCUT2D eigenvalue weighted by Crippen LogP contribution is 2.20. The summed E-state index contributed by atoms with van der Waals surface area (Å²) in [5.74, 6) is -4.47. The van der Waals surface area contributed by atoms with Gasteiger partial charge in [-0.15, -0.1) is 0 Å². The van der Waals surface area contributed by atoms with Crippen molar-refractivity contribution in [3.8, 4) is 5.75 Å². The number of aliphatic carboxylic acids is 1. The second kappa shape index (κ2) is 26.0. The van der Waals surface area contributed by atoms with Gasteiger partial charge in [0, 0.05) is 29.9 Å². The van der Waals surface area contributed by atoms with Gasteiger partial charge in [0.05, 0.1) is 6.54 Å². The number of para-hydroxylation sites is 1. The molecule has 0 spiro atoms. The Hall–Kier alpha value is -6.30. The molecule has 356 valence electrons. The molecule has 6 amide bonds. The molecule has 0 fully saturated rings. The molecule has 4 rings (SSSR count). The topological polar surface area (TPSA) is 301 Å². The Kier molecular flexibility index (Phi) is 20.6. The maximum Gasteiger partial charge on any atom is 0.446 e. The van der Waals surface area contributed by atoms with E-state index in [4.69, 9.17) is 9.29 Å². The number of alkyl carbamates (subject to hydrolysis) is 1. The van der Waals surface area contributed by atoms with Crippen molar-refractivity contribution in [1.29, 1.82) is 0 Å². The highest BCUT2D eigenvalue weighted by atomic mass is 32.3. The average Bonchev–Trinajstić information content (AvgIpc) is 3.69. The van der Waals surface area contributed by atoms with Gasteiger partial charge in [-0.25, -0.2) is 4.79 Å². The molecule has 9 N–H and O–H groups in total. The van der Waals surface area contributed by atoms with Gasteiger partial charge in [0.15, 0.2) is 0 Å². The minimum atomic E-state index is -4.81. The van der Waals surface area contributed by atoms with E-state index < -0.39 is 88.8 Å². The Morgan fingerprint density at radius 1 is 0.682 bits per heavy atom. The van der Waals surface area contributed by atoms with Crippen LogP contribution in [0.3, 0.4) is 0 Å². The fraction of sp³-hybridized carbons (Fsp3) is 0.372. The highest BCUT2D eigenvalue weighted by molar-refractivity contribution is 7.98. The number of carboxylic acids is 1. The number of amides is 6. The molecule has 4 aromatic rings. The highest BCUT2D eigenvalue weighted by Gasteiger charge is 2.31. The molecular formula is C43H53N7O13S3. The fourth-order valence-corrected chi connectivity index (χ4v) is 7.65. The zero-order valence-corrected chi connectivity index (χ0v) is 38.7. The molecule has 0 bridgehead atoms. The summed E-state index contributed by atoms with van der Waals surface area (Å²) in [6.45, 7) is 0.530. The van der Waals surface area contributed by atoms with Crippen LogP contribution in [0, 0.1) is 0 Å². The first-order chi connectivity index (χ1) is 31.5. The van der Waals surface area contributed by atoms with Crippen LogP contribution in [-0.4, -0.2) is 125 Å². The van der Waals surface area contributed by atoms with E-state index in [0.717, 1.165) is 10.9 Å². The van der Waals surface area contributed by atoms with Gasteiger partial charge in [-0.3, -0.25) is 33.3 Å². The maximum absolute atomic E-state index is 13.9. The van der Waals surface area contributed by atoms with Crippen LogP contribution in [0.5, 0.6) is 5.75 Å². The van der Waals surface area contributed by atoms with Crippen LogP contribution in [0.25, 0.3) is 10.9 Å². The van der Waals surface area contributed by atoms with Crippen molar-refractivity contribution in [2.75, 3.05) is 30.6 Å². The van der Waals surface area contributed by atoms with Gasteiger partial charge < -0.3 is 50.9 Å². The summed E-state index contributed by atoms with van der Waals surface area (Å²) in [7, 11) is -4.81. The Morgan fingerprint density at radius 3 is 1.86 bits per heavy atom. The van der Waals surface area contributed by atoms with E-state index in [1.807, 2.05) is 18.2 Å². The van der Waals surface area contributed by atoms with Crippen LogP contribution in [0.2, 0.25) is 0 Å². The van der Waals surface area contributed by atoms with E-state index in [1.54, 1.807) is 55.1 Å². The van der Waals surface area contributed by atoms with Gasteiger partial charge in [0.2, 0.25) is 29.5 Å². The lowest BCUT2D eigenvalue weighted by atomic mass is 10.0. The third-order valence-electron chi connectivity index (χ3n) is 9.78. The molecule has 0 saturated heterocycles. The summed E-state index contributed by atoms with van der Waals surface area (Å²) in [4.78, 5) is 95.8. The molecule has 1 heterocycles. The summed E-state index contributed by atoms with van der Waals surface area (Å²) in [6, 6.07) is 15.1. The van der Waals surface area contributed by atoms with Crippen LogP contribution in [0.1, 0.15) is 36.5 Å². The number of hydrogen-bond donors (Lipinski definition) is 9. The Morgan fingerprint density at radius 2 is 1.26 bits per heavy atom. The zero-order chi connectivity index (χ0) is 48.2. The first-order valence-corrected chi connectivity index (χ1v) is 24.6. The number of carbonyl (C=O) groups excluding carboxylic acids is 6. The molecule has 20 nitrogen and oxygen atoms in total. The monoisotopic (exact) mass is 971 g/mol. The number of aromatic amines is 1. The van der Waals surface area contributed by atoms with Crippen molar-refractivity contribution in [3.05, 3.63) is 102 Å². The number of carboxylic acid groups (broad SMARTS) is 1. The molecule has 0 saturated carbocycles. The lowest BCUT2D eigenvalue weighted by molar-refractivity contribution is -0.141. The minimum Gasteiger partial charge on any atom is -0.480 e. The molecule has 0 aliphatic heterocycles. The predicted molar refractivity (Wildman–Crippen MR) is 248 cm³/mol. The molecule has 3 aromatic carbocycles. The molecule has 66 heavy (non-hydrogen) atoms. The van der Waals surface area contributed by atoms with Crippen molar-refractivity contribution in [2.24, 2.45) is 0 Å². The number of rotatable bonds is 26. The van der Waals surface area contributed by atoms with Gasteiger partial charge in [-0.1, -0.05) is 60.7 Å². The van der Waals surface area contributed by atoms with Crippen molar-refractivity contribution < 1.29 is 60.6 Å². The molecule has 0 aliphatic carbocycles. The molecule has 0 aliphatic rings. The van der Waals surface area contributed by atoms with Gasteiger partial charge in [0.25, 0.3) is 0 Å². The number of nitrogens with one attached hydrogen (secondary N) is 7. The van der Waals surface area contributed by atoms with Gasteiger partial charge >= 0.3 is 22.5 Å². The number of thioether (sulfide) groups is 2. The Labute approximate surface area is 389 Å². The van der Waals surface area contributed by atoms with Crippen molar-refractivity contribution >= 4 is 86.4 Å². The van der Waals surface area contributed by atoms with E-state index in [9.17, 15) is 47.1 Å².